The molecule has 17 heavy (non-hydrogen) atoms. The van der Waals surface area contributed by atoms with Gasteiger partial charge in [-0.25, -0.2) is 4.98 Å². The average Bonchev–Trinajstić information content (AvgIpc) is 2.72. The van der Waals surface area contributed by atoms with E-state index in [0.29, 0.717) is 5.95 Å². The first kappa shape index (κ1) is 10.4. The first-order valence-corrected chi connectivity index (χ1v) is 5.89. The quantitative estimate of drug-likeness (QED) is 0.847. The summed E-state index contributed by atoms with van der Waals surface area (Å²) in [5.41, 5.74) is 8.36. The Balaban J connectivity index is 1.72. The van der Waals surface area contributed by atoms with Crippen molar-refractivity contribution < 1.29 is 0 Å². The van der Waals surface area contributed by atoms with Crippen LogP contribution in [0.15, 0.2) is 36.5 Å². The molecule has 88 valence electrons. The summed E-state index contributed by atoms with van der Waals surface area (Å²) in [5.74, 6) is 0.638. The molecule has 1 aromatic heterocycles. The number of nitrogens with zero attached hydrogens (tertiary/aromatic N) is 3. The van der Waals surface area contributed by atoms with E-state index in [2.05, 4.69) is 44.8 Å². The third-order valence-corrected chi connectivity index (χ3v) is 3.24. The number of imidazole rings is 1. The lowest BCUT2D eigenvalue weighted by Gasteiger charge is -2.28. The van der Waals surface area contributed by atoms with Crippen LogP contribution in [0.1, 0.15) is 11.3 Å². The van der Waals surface area contributed by atoms with Gasteiger partial charge in [0.25, 0.3) is 0 Å². The van der Waals surface area contributed by atoms with E-state index in [9.17, 15) is 0 Å². The third kappa shape index (κ3) is 2.03. The van der Waals surface area contributed by atoms with Gasteiger partial charge in [-0.1, -0.05) is 30.3 Å². The summed E-state index contributed by atoms with van der Waals surface area (Å²) < 4.78 is 2.10. The molecule has 1 aliphatic rings. The van der Waals surface area contributed by atoms with E-state index in [4.69, 9.17) is 5.73 Å². The number of hydrogen-bond acceptors (Lipinski definition) is 3. The number of anilines is 1. The highest BCUT2D eigenvalue weighted by molar-refractivity contribution is 5.24. The fourth-order valence-electron chi connectivity index (χ4n) is 2.34. The zero-order chi connectivity index (χ0) is 11.7. The Morgan fingerprint density at radius 2 is 2.00 bits per heavy atom. The molecule has 4 nitrogen and oxygen atoms in total. The van der Waals surface area contributed by atoms with Crippen LogP contribution in [-0.4, -0.2) is 21.0 Å². The van der Waals surface area contributed by atoms with Gasteiger partial charge in [-0.15, -0.1) is 0 Å². The van der Waals surface area contributed by atoms with Crippen molar-refractivity contribution in [2.24, 2.45) is 0 Å². The van der Waals surface area contributed by atoms with E-state index in [1.54, 1.807) is 0 Å². The molecule has 2 N–H and O–H groups in total. The SMILES string of the molecule is Nc1ncc2n1CCN(Cc1ccccc1)C2. The molecule has 0 bridgehead atoms. The monoisotopic (exact) mass is 228 g/mol. The van der Waals surface area contributed by atoms with E-state index in [-0.39, 0.29) is 0 Å². The summed E-state index contributed by atoms with van der Waals surface area (Å²) in [6, 6.07) is 10.6. The highest BCUT2D eigenvalue weighted by atomic mass is 15.2. The van der Waals surface area contributed by atoms with Crippen molar-refractivity contribution in [2.75, 3.05) is 12.3 Å². The lowest BCUT2D eigenvalue weighted by Crippen LogP contribution is -2.33. The van der Waals surface area contributed by atoms with Gasteiger partial charge in [0.1, 0.15) is 0 Å². The molecule has 4 heteroatoms. The van der Waals surface area contributed by atoms with Crippen LogP contribution in [0.4, 0.5) is 5.95 Å². The number of aromatic nitrogens is 2. The number of fused-ring (bicyclic) bond motifs is 1. The molecule has 0 atom stereocenters. The summed E-state index contributed by atoms with van der Waals surface area (Å²) in [5, 5.41) is 0. The predicted octanol–water partition coefficient (Wildman–Crippen LogP) is 1.48. The van der Waals surface area contributed by atoms with Gasteiger partial charge in [0.15, 0.2) is 5.95 Å². The number of hydrogen-bond donors (Lipinski definition) is 1. The van der Waals surface area contributed by atoms with Crippen molar-refractivity contribution in [1.29, 1.82) is 0 Å². The van der Waals surface area contributed by atoms with Crippen LogP contribution < -0.4 is 5.73 Å². The summed E-state index contributed by atoms with van der Waals surface area (Å²) >= 11 is 0. The van der Waals surface area contributed by atoms with Crippen LogP contribution in [0.25, 0.3) is 0 Å². The molecule has 0 radical (unpaired) electrons. The van der Waals surface area contributed by atoms with Crippen molar-refractivity contribution in [3.05, 3.63) is 47.8 Å². The first-order chi connectivity index (χ1) is 8.33. The van der Waals surface area contributed by atoms with Crippen LogP contribution >= 0.6 is 0 Å². The molecule has 1 aliphatic heterocycles. The van der Waals surface area contributed by atoms with Gasteiger partial charge >= 0.3 is 0 Å². The van der Waals surface area contributed by atoms with Gasteiger partial charge in [-0.05, 0) is 5.56 Å². The largest absolute Gasteiger partial charge is 0.369 e. The molecule has 0 saturated heterocycles. The third-order valence-electron chi connectivity index (χ3n) is 3.24. The Morgan fingerprint density at radius 3 is 2.82 bits per heavy atom. The molecular weight excluding hydrogens is 212 g/mol. The first-order valence-electron chi connectivity index (χ1n) is 5.89. The minimum absolute atomic E-state index is 0.638. The smallest absolute Gasteiger partial charge is 0.200 e. The second-order valence-electron chi connectivity index (χ2n) is 4.46. The molecule has 1 aromatic carbocycles. The number of rotatable bonds is 2. The highest BCUT2D eigenvalue weighted by Gasteiger charge is 2.18. The molecule has 0 spiro atoms. The molecule has 2 aromatic rings. The molecule has 2 heterocycles. The van der Waals surface area contributed by atoms with E-state index in [1.807, 2.05) is 6.20 Å². The van der Waals surface area contributed by atoms with E-state index in [1.165, 1.54) is 11.3 Å². The van der Waals surface area contributed by atoms with Gasteiger partial charge in [0.05, 0.1) is 11.9 Å². The molecule has 0 unspecified atom stereocenters. The van der Waals surface area contributed by atoms with Gasteiger partial charge in [-0.3, -0.25) is 4.90 Å². The molecule has 0 amide bonds. The van der Waals surface area contributed by atoms with Crippen LogP contribution in [0, 0.1) is 0 Å². The van der Waals surface area contributed by atoms with Crippen molar-refractivity contribution in [2.45, 2.75) is 19.6 Å². The van der Waals surface area contributed by atoms with Gasteiger partial charge < -0.3 is 10.3 Å². The molecular formula is C13H16N4. The Morgan fingerprint density at radius 1 is 1.18 bits per heavy atom. The lowest BCUT2D eigenvalue weighted by molar-refractivity contribution is 0.214. The molecule has 0 aliphatic carbocycles. The predicted molar refractivity (Wildman–Crippen MR) is 67.2 cm³/mol. The van der Waals surface area contributed by atoms with Crippen LogP contribution in [-0.2, 0) is 19.6 Å². The summed E-state index contributed by atoms with van der Waals surface area (Å²) in [6.45, 7) is 3.89. The van der Waals surface area contributed by atoms with Crippen molar-refractivity contribution in [3.8, 4) is 0 Å². The maximum absolute atomic E-state index is 5.79. The van der Waals surface area contributed by atoms with Crippen LogP contribution in [0.3, 0.4) is 0 Å². The Bertz CT molecular complexity index is 503. The van der Waals surface area contributed by atoms with E-state index >= 15 is 0 Å². The normalized spacial score (nSPS) is 15.8. The van der Waals surface area contributed by atoms with E-state index < -0.39 is 0 Å². The Hall–Kier alpha value is -1.81. The minimum Gasteiger partial charge on any atom is -0.369 e. The molecule has 3 rings (SSSR count). The lowest BCUT2D eigenvalue weighted by atomic mass is 10.2. The second-order valence-corrected chi connectivity index (χ2v) is 4.46. The summed E-state index contributed by atoms with van der Waals surface area (Å²) in [6.07, 6.45) is 1.88. The van der Waals surface area contributed by atoms with Crippen molar-refractivity contribution in [1.82, 2.24) is 14.5 Å². The van der Waals surface area contributed by atoms with Gasteiger partial charge in [0.2, 0.25) is 0 Å². The molecule has 0 fully saturated rings. The maximum atomic E-state index is 5.79. The fourth-order valence-corrected chi connectivity index (χ4v) is 2.34. The number of nitrogen functional groups attached to an aromatic ring is 1. The standard InChI is InChI=1S/C13H16N4/c14-13-15-8-12-10-16(6-7-17(12)13)9-11-4-2-1-3-5-11/h1-5,8H,6-7,9-10H2,(H2,14,15). The number of nitrogens with two attached hydrogens (primary N) is 1. The Kier molecular flexibility index (Phi) is 2.57. The Labute approximate surface area is 101 Å². The second kappa shape index (κ2) is 4.22. The zero-order valence-corrected chi connectivity index (χ0v) is 9.71. The number of benzene rings is 1. The summed E-state index contributed by atoms with van der Waals surface area (Å²) in [7, 11) is 0. The zero-order valence-electron chi connectivity index (χ0n) is 9.71. The van der Waals surface area contributed by atoms with E-state index in [0.717, 1.165) is 26.2 Å². The van der Waals surface area contributed by atoms with Crippen LogP contribution in [0.2, 0.25) is 0 Å². The summed E-state index contributed by atoms with van der Waals surface area (Å²) in [4.78, 5) is 6.58. The van der Waals surface area contributed by atoms with Crippen LogP contribution in [0.5, 0.6) is 0 Å². The van der Waals surface area contributed by atoms with Gasteiger partial charge in [0, 0.05) is 26.2 Å². The van der Waals surface area contributed by atoms with Crippen molar-refractivity contribution >= 4 is 5.95 Å². The topological polar surface area (TPSA) is 47.1 Å². The maximum Gasteiger partial charge on any atom is 0.200 e. The van der Waals surface area contributed by atoms with Crippen molar-refractivity contribution in [3.63, 3.8) is 0 Å². The average molecular weight is 228 g/mol. The highest BCUT2D eigenvalue weighted by Crippen LogP contribution is 2.17. The minimum atomic E-state index is 0.638. The molecule has 0 saturated carbocycles. The fraction of sp³-hybridized carbons (Fsp3) is 0.308. The van der Waals surface area contributed by atoms with Gasteiger partial charge in [-0.2, -0.15) is 0 Å².